The van der Waals surface area contributed by atoms with Crippen LogP contribution in [-0.2, 0) is 0 Å². The summed E-state index contributed by atoms with van der Waals surface area (Å²) in [5.41, 5.74) is 1.97. The summed E-state index contributed by atoms with van der Waals surface area (Å²) in [4.78, 5) is 13.5. The lowest BCUT2D eigenvalue weighted by Crippen LogP contribution is -2.62. The molecule has 2 saturated heterocycles. The van der Waals surface area contributed by atoms with Gasteiger partial charge in [-0.15, -0.1) is 5.10 Å². The molecule has 4 heterocycles. The second kappa shape index (κ2) is 9.03. The first-order valence-electron chi connectivity index (χ1n) is 12.5. The van der Waals surface area contributed by atoms with E-state index in [1.54, 1.807) is 12.1 Å². The summed E-state index contributed by atoms with van der Waals surface area (Å²) in [6.45, 7) is 5.25. The van der Waals surface area contributed by atoms with Crippen molar-refractivity contribution in [1.82, 2.24) is 24.5 Å². The number of fused-ring (bicyclic) bond motifs is 1. The maximum Gasteiger partial charge on any atom is 0.247 e. The molecule has 11 nitrogen and oxygen atoms in total. The second-order valence-electron chi connectivity index (χ2n) is 10.4. The third-order valence-electron chi connectivity index (χ3n) is 7.42. The Balaban J connectivity index is 1.26. The molecule has 1 aliphatic carbocycles. The first kappa shape index (κ1) is 23.7. The van der Waals surface area contributed by atoms with Gasteiger partial charge in [0.1, 0.15) is 6.07 Å². The quantitative estimate of drug-likeness (QED) is 0.446. The molecule has 2 aromatic heterocycles. The lowest BCUT2D eigenvalue weighted by molar-refractivity contribution is -0.0197. The third kappa shape index (κ3) is 4.62. The lowest BCUT2D eigenvalue weighted by Gasteiger charge is -2.49. The fraction of sp³-hybridized carbons (Fsp3) is 0.480. The van der Waals surface area contributed by atoms with E-state index in [-0.39, 0.29) is 5.95 Å². The molecule has 3 aromatic rings. The number of rotatable bonds is 6. The zero-order chi connectivity index (χ0) is 25.7. The van der Waals surface area contributed by atoms with Gasteiger partial charge in [-0.25, -0.2) is 4.98 Å². The Kier molecular flexibility index (Phi) is 5.80. The smallest absolute Gasteiger partial charge is 0.247 e. The molecule has 3 N–H and O–H groups in total. The van der Waals surface area contributed by atoms with E-state index in [4.69, 9.17) is 11.6 Å². The van der Waals surface area contributed by atoms with Crippen molar-refractivity contribution < 1.29 is 5.11 Å². The van der Waals surface area contributed by atoms with Crippen molar-refractivity contribution >= 4 is 40.4 Å². The Morgan fingerprint density at radius 1 is 1.16 bits per heavy atom. The molecule has 0 atom stereocenters. The van der Waals surface area contributed by atoms with Crippen LogP contribution in [0, 0.1) is 22.7 Å². The SMILES string of the molecule is CC1(O)CCN(C2CN(c3cc(C#N)cc(Nc4nc(NC5CC5)c5ncc(C#N)n5n4)c3Cl)C2)CC1. The van der Waals surface area contributed by atoms with Crippen LogP contribution >= 0.6 is 11.6 Å². The number of aliphatic hydroxyl groups is 1. The predicted molar refractivity (Wildman–Crippen MR) is 139 cm³/mol. The zero-order valence-electron chi connectivity index (χ0n) is 20.4. The summed E-state index contributed by atoms with van der Waals surface area (Å²) >= 11 is 6.85. The standard InChI is InChI=1S/C25H27ClN10O/c1-25(37)4-6-34(7-5-25)18-13-35(14-18)20-9-15(10-27)8-19(21(20)26)31-24-32-22(30-16-2-3-16)23-29-12-17(11-28)36(23)33-24/h8-9,12,16,18,37H,2-7,13-14H2,1H3,(H2,30,31,32,33). The summed E-state index contributed by atoms with van der Waals surface area (Å²) in [6, 6.07) is 8.53. The number of hydrogen-bond donors (Lipinski definition) is 3. The number of hydrogen-bond acceptors (Lipinski definition) is 10. The number of imidazole rings is 1. The van der Waals surface area contributed by atoms with Crippen molar-refractivity contribution in [3.05, 3.63) is 34.6 Å². The van der Waals surface area contributed by atoms with Gasteiger partial charge in [0.05, 0.1) is 39.8 Å². The second-order valence-corrected chi connectivity index (χ2v) is 10.8. The third-order valence-corrected chi connectivity index (χ3v) is 7.82. The maximum absolute atomic E-state index is 10.3. The molecule has 0 bridgehead atoms. The Morgan fingerprint density at radius 2 is 1.92 bits per heavy atom. The van der Waals surface area contributed by atoms with Gasteiger partial charge < -0.3 is 20.6 Å². The van der Waals surface area contributed by atoms with Crippen LogP contribution in [0.15, 0.2) is 18.3 Å². The molecule has 0 amide bonds. The Labute approximate surface area is 219 Å². The highest BCUT2D eigenvalue weighted by Gasteiger charge is 2.37. The molecule has 0 spiro atoms. The van der Waals surface area contributed by atoms with Gasteiger partial charge in [0, 0.05) is 38.3 Å². The molecule has 3 aliphatic rings. The minimum atomic E-state index is -0.575. The molecular formula is C25H27ClN10O. The van der Waals surface area contributed by atoms with Crippen LogP contribution < -0.4 is 15.5 Å². The van der Waals surface area contributed by atoms with E-state index in [9.17, 15) is 15.6 Å². The molecule has 37 heavy (non-hydrogen) atoms. The molecule has 1 aromatic carbocycles. The highest BCUT2D eigenvalue weighted by molar-refractivity contribution is 6.36. The normalized spacial score (nSPS) is 19.8. The van der Waals surface area contributed by atoms with Crippen LogP contribution in [0.2, 0.25) is 5.02 Å². The van der Waals surface area contributed by atoms with E-state index < -0.39 is 5.60 Å². The largest absolute Gasteiger partial charge is 0.390 e. The zero-order valence-corrected chi connectivity index (χ0v) is 21.2. The van der Waals surface area contributed by atoms with Gasteiger partial charge in [-0.3, -0.25) is 4.90 Å². The van der Waals surface area contributed by atoms with E-state index in [2.05, 4.69) is 47.6 Å². The molecule has 6 rings (SSSR count). The molecule has 0 radical (unpaired) electrons. The molecule has 12 heteroatoms. The van der Waals surface area contributed by atoms with E-state index in [1.807, 2.05) is 6.92 Å². The van der Waals surface area contributed by atoms with E-state index in [1.165, 1.54) is 10.7 Å². The Morgan fingerprint density at radius 3 is 2.59 bits per heavy atom. The average Bonchev–Trinajstić information content (AvgIpc) is 3.57. The first-order valence-corrected chi connectivity index (χ1v) is 12.9. The van der Waals surface area contributed by atoms with Crippen LogP contribution in [0.25, 0.3) is 5.65 Å². The number of benzene rings is 1. The summed E-state index contributed by atoms with van der Waals surface area (Å²) in [6.07, 6.45) is 5.12. The van der Waals surface area contributed by atoms with Gasteiger partial charge in [-0.05, 0) is 44.7 Å². The number of likely N-dealkylation sites (tertiary alicyclic amines) is 1. The van der Waals surface area contributed by atoms with Crippen LogP contribution in [0.5, 0.6) is 0 Å². The summed E-state index contributed by atoms with van der Waals surface area (Å²) in [7, 11) is 0. The first-order chi connectivity index (χ1) is 17.8. The average molecular weight is 519 g/mol. The summed E-state index contributed by atoms with van der Waals surface area (Å²) < 4.78 is 1.46. The molecule has 3 fully saturated rings. The number of nitrogens with one attached hydrogen (secondary N) is 2. The van der Waals surface area contributed by atoms with Gasteiger partial charge in [0.2, 0.25) is 5.95 Å². The molecule has 190 valence electrons. The highest BCUT2D eigenvalue weighted by atomic mass is 35.5. The molecular weight excluding hydrogens is 492 g/mol. The predicted octanol–water partition coefficient (Wildman–Crippen LogP) is 2.87. The van der Waals surface area contributed by atoms with Crippen LogP contribution in [0.4, 0.5) is 23.1 Å². The van der Waals surface area contributed by atoms with Gasteiger partial charge >= 0.3 is 0 Å². The molecule has 2 aliphatic heterocycles. The molecule has 1 saturated carbocycles. The minimum absolute atomic E-state index is 0.245. The monoisotopic (exact) mass is 518 g/mol. The topological polar surface area (TPSA) is 141 Å². The fourth-order valence-electron chi connectivity index (χ4n) is 4.90. The minimum Gasteiger partial charge on any atom is -0.390 e. The van der Waals surface area contributed by atoms with Gasteiger partial charge in [-0.2, -0.15) is 20.0 Å². The summed E-state index contributed by atoms with van der Waals surface area (Å²) in [5, 5.41) is 40.9. The Hall–Kier alpha value is -3.64. The van der Waals surface area contributed by atoms with Crippen molar-refractivity contribution in [3.8, 4) is 12.1 Å². The number of nitriles is 2. The number of halogens is 1. The van der Waals surface area contributed by atoms with Gasteiger partial charge in [0.15, 0.2) is 17.2 Å². The van der Waals surface area contributed by atoms with E-state index in [0.717, 1.165) is 57.5 Å². The van der Waals surface area contributed by atoms with Crippen molar-refractivity contribution in [2.24, 2.45) is 0 Å². The highest BCUT2D eigenvalue weighted by Crippen LogP contribution is 2.39. The van der Waals surface area contributed by atoms with Crippen LogP contribution in [0.3, 0.4) is 0 Å². The summed E-state index contributed by atoms with van der Waals surface area (Å²) in [5.74, 6) is 0.787. The van der Waals surface area contributed by atoms with Crippen LogP contribution in [-0.4, -0.2) is 73.5 Å². The van der Waals surface area contributed by atoms with Crippen molar-refractivity contribution in [2.75, 3.05) is 41.7 Å². The van der Waals surface area contributed by atoms with Crippen LogP contribution in [0.1, 0.15) is 43.9 Å². The number of anilines is 4. The van der Waals surface area contributed by atoms with Crippen molar-refractivity contribution in [1.29, 1.82) is 10.5 Å². The Bertz CT molecular complexity index is 1430. The molecule has 0 unspecified atom stereocenters. The number of piperidine rings is 1. The number of nitrogens with zero attached hydrogens (tertiary/aromatic N) is 8. The fourth-order valence-corrected chi connectivity index (χ4v) is 5.17. The lowest BCUT2D eigenvalue weighted by atomic mass is 9.91. The van der Waals surface area contributed by atoms with Crippen molar-refractivity contribution in [3.63, 3.8) is 0 Å². The van der Waals surface area contributed by atoms with Gasteiger partial charge in [-0.1, -0.05) is 11.6 Å². The van der Waals surface area contributed by atoms with E-state index in [0.29, 0.717) is 45.5 Å². The van der Waals surface area contributed by atoms with E-state index >= 15 is 0 Å². The van der Waals surface area contributed by atoms with Gasteiger partial charge in [0.25, 0.3) is 0 Å². The number of aromatic nitrogens is 4. The maximum atomic E-state index is 10.3. The van der Waals surface area contributed by atoms with Crippen molar-refractivity contribution in [2.45, 2.75) is 50.3 Å².